The van der Waals surface area contributed by atoms with Gasteiger partial charge in [0.05, 0.1) is 17.2 Å². The van der Waals surface area contributed by atoms with Gasteiger partial charge in [-0.3, -0.25) is 14.7 Å². The van der Waals surface area contributed by atoms with Gasteiger partial charge < -0.3 is 29.3 Å². The number of hydrogen-bond acceptors (Lipinski definition) is 9. The average molecular weight is 767 g/mol. The first-order chi connectivity index (χ1) is 26.7. The number of pyridine rings is 1. The van der Waals surface area contributed by atoms with E-state index >= 15 is 0 Å². The third-order valence-corrected chi connectivity index (χ3v) is 11.2. The van der Waals surface area contributed by atoms with Gasteiger partial charge in [0.25, 0.3) is 0 Å². The van der Waals surface area contributed by atoms with E-state index in [1.807, 2.05) is 23.1 Å². The fourth-order valence-electron chi connectivity index (χ4n) is 7.62. The first-order valence-corrected chi connectivity index (χ1v) is 19.6. The molecule has 3 aromatic carbocycles. The van der Waals surface area contributed by atoms with Gasteiger partial charge in [0.1, 0.15) is 42.6 Å². The number of carbonyl (C=O) groups is 1. The number of carboxylic acids is 1. The van der Waals surface area contributed by atoms with E-state index in [1.54, 1.807) is 24.4 Å². The van der Waals surface area contributed by atoms with E-state index in [0.29, 0.717) is 60.7 Å². The monoisotopic (exact) mass is 766 g/mol. The molecule has 2 fully saturated rings. The molecule has 0 radical (unpaired) electrons. The van der Waals surface area contributed by atoms with Gasteiger partial charge in [-0.05, 0) is 118 Å². The van der Waals surface area contributed by atoms with Crippen LogP contribution in [0.25, 0.3) is 11.1 Å². The summed E-state index contributed by atoms with van der Waals surface area (Å²) in [7, 11) is 0. The zero-order chi connectivity index (χ0) is 38.7. The van der Waals surface area contributed by atoms with Crippen molar-refractivity contribution in [2.75, 3.05) is 39.4 Å². The summed E-state index contributed by atoms with van der Waals surface area (Å²) in [6, 6.07) is 19.3. The molecule has 1 aromatic heterocycles. The van der Waals surface area contributed by atoms with Gasteiger partial charge in [0.2, 0.25) is 0 Å². The van der Waals surface area contributed by atoms with Crippen LogP contribution < -0.4 is 14.2 Å². The minimum atomic E-state index is -0.832. The van der Waals surface area contributed by atoms with Gasteiger partial charge in [-0.1, -0.05) is 48.4 Å². The second-order valence-electron chi connectivity index (χ2n) is 14.7. The highest BCUT2D eigenvalue weighted by molar-refractivity contribution is 6.32. The molecular weight excluding hydrogens is 716 g/mol. The van der Waals surface area contributed by atoms with Crippen molar-refractivity contribution in [2.45, 2.75) is 78.2 Å². The molecule has 1 atom stereocenters. The number of hydrogen-bond donors (Lipinski definition) is 2. The Labute approximate surface area is 329 Å². The van der Waals surface area contributed by atoms with Crippen LogP contribution in [0.2, 0.25) is 5.02 Å². The maximum atomic E-state index is 12.1. The zero-order valence-corrected chi connectivity index (χ0v) is 32.6. The van der Waals surface area contributed by atoms with E-state index in [4.69, 9.17) is 25.8 Å². The second-order valence-corrected chi connectivity index (χ2v) is 15.1. The molecule has 0 amide bonds. The Morgan fingerprint density at radius 3 is 2.42 bits per heavy atom. The number of piperidine rings is 2. The number of benzene rings is 3. The largest absolute Gasteiger partial charge is 0.493 e. The smallest absolute Gasteiger partial charge is 0.320 e. The Balaban J connectivity index is 1.16. The van der Waals surface area contributed by atoms with Crippen LogP contribution in [0.3, 0.4) is 0 Å². The van der Waals surface area contributed by atoms with E-state index in [0.717, 1.165) is 96.4 Å². The van der Waals surface area contributed by atoms with Crippen molar-refractivity contribution < 1.29 is 29.2 Å². The molecule has 2 aliphatic heterocycles. The Morgan fingerprint density at radius 1 is 0.891 bits per heavy atom. The minimum Gasteiger partial charge on any atom is -0.493 e. The van der Waals surface area contributed by atoms with E-state index in [9.17, 15) is 20.3 Å². The van der Waals surface area contributed by atoms with E-state index in [1.165, 1.54) is 6.20 Å². The predicted octanol–water partition coefficient (Wildman–Crippen LogP) is 7.96. The number of aliphatic hydroxyl groups is 1. The van der Waals surface area contributed by atoms with Crippen LogP contribution in [0.4, 0.5) is 0 Å². The normalized spacial score (nSPS) is 16.7. The summed E-state index contributed by atoms with van der Waals surface area (Å²) in [5.41, 5.74) is 7.32. The molecule has 6 rings (SSSR count). The second kappa shape index (κ2) is 19.3. The molecule has 0 unspecified atom stereocenters. The van der Waals surface area contributed by atoms with Gasteiger partial charge >= 0.3 is 5.97 Å². The first-order valence-electron chi connectivity index (χ1n) is 19.3. The Bertz CT molecular complexity index is 1970. The number of likely N-dealkylation sites (tertiary alicyclic amines) is 2. The summed E-state index contributed by atoms with van der Waals surface area (Å²) >= 11 is 6.87. The van der Waals surface area contributed by atoms with Crippen LogP contribution in [0.1, 0.15) is 71.9 Å². The highest BCUT2D eigenvalue weighted by Gasteiger charge is 2.29. The van der Waals surface area contributed by atoms with E-state index < -0.39 is 12.0 Å². The third kappa shape index (κ3) is 10.4. The van der Waals surface area contributed by atoms with Crippen molar-refractivity contribution in [1.82, 2.24) is 14.8 Å². The van der Waals surface area contributed by atoms with Crippen LogP contribution in [-0.2, 0) is 24.6 Å². The van der Waals surface area contributed by atoms with Crippen molar-refractivity contribution in [3.63, 3.8) is 0 Å². The Hall–Kier alpha value is -4.66. The Kier molecular flexibility index (Phi) is 14.0. The van der Waals surface area contributed by atoms with Crippen LogP contribution in [0, 0.1) is 31.1 Å². The number of carboxylic acid groups (broad SMARTS) is 1. The fraction of sp³-hybridized carbons (Fsp3) is 0.432. The van der Waals surface area contributed by atoms with Crippen molar-refractivity contribution >= 4 is 17.6 Å². The molecule has 0 aliphatic carbocycles. The van der Waals surface area contributed by atoms with Crippen LogP contribution in [-0.4, -0.2) is 76.4 Å². The number of aliphatic carboxylic acids is 1. The van der Waals surface area contributed by atoms with Crippen molar-refractivity contribution in [3.05, 3.63) is 105 Å². The molecule has 10 nitrogen and oxygen atoms in total. The molecule has 290 valence electrons. The molecule has 0 saturated carbocycles. The molecule has 4 aromatic rings. The topological polar surface area (TPSA) is 128 Å². The lowest BCUT2D eigenvalue weighted by Crippen LogP contribution is -2.44. The lowest BCUT2D eigenvalue weighted by molar-refractivity contribution is -0.144. The number of nitriles is 1. The number of halogens is 1. The quantitative estimate of drug-likeness (QED) is 0.108. The van der Waals surface area contributed by atoms with Gasteiger partial charge in [-0.15, -0.1) is 0 Å². The number of rotatable bonds is 16. The number of aromatic nitrogens is 1. The lowest BCUT2D eigenvalue weighted by Gasteiger charge is -2.33. The summed E-state index contributed by atoms with van der Waals surface area (Å²) < 4.78 is 19.0. The van der Waals surface area contributed by atoms with Gasteiger partial charge in [-0.25, -0.2) is 0 Å². The van der Waals surface area contributed by atoms with E-state index in [-0.39, 0.29) is 13.2 Å². The van der Waals surface area contributed by atoms with Gasteiger partial charge in [0, 0.05) is 49.3 Å². The number of nitrogens with zero attached hydrogens (tertiary/aromatic N) is 4. The lowest BCUT2D eigenvalue weighted by atomic mass is 9.93. The van der Waals surface area contributed by atoms with Crippen molar-refractivity contribution in [3.8, 4) is 34.4 Å². The molecule has 0 spiro atoms. The standard InChI is InChI=1S/C44H51ClN4O6/c1-30-35(8-5-9-37(30)38-10-6-12-41(31(38)2)53-19-7-15-48-17-13-32(27-50)14-18-48)29-55-43-22-42(54-28-34-20-33(23-46)24-47-25-34)36(21-39(43)45)26-49-16-4-3-11-40(49)44(51)52/h5-6,8-10,12,20-22,24-25,32,40,50H,3-4,7,11,13-19,26-29H2,1-2H3,(H,51,52)/t40-/m0/s1. The van der Waals surface area contributed by atoms with Crippen LogP contribution in [0.15, 0.2) is 67.0 Å². The summed E-state index contributed by atoms with van der Waals surface area (Å²) in [6.07, 6.45) is 8.61. The summed E-state index contributed by atoms with van der Waals surface area (Å²) in [4.78, 5) is 20.7. The summed E-state index contributed by atoms with van der Waals surface area (Å²) in [5, 5.41) is 29.1. The third-order valence-electron chi connectivity index (χ3n) is 11.0. The molecule has 2 aliphatic rings. The van der Waals surface area contributed by atoms with Gasteiger partial charge in [-0.2, -0.15) is 5.26 Å². The maximum Gasteiger partial charge on any atom is 0.320 e. The highest BCUT2D eigenvalue weighted by atomic mass is 35.5. The predicted molar refractivity (Wildman–Crippen MR) is 212 cm³/mol. The van der Waals surface area contributed by atoms with Crippen LogP contribution >= 0.6 is 11.6 Å². The molecule has 3 heterocycles. The fourth-order valence-corrected chi connectivity index (χ4v) is 7.87. The zero-order valence-electron chi connectivity index (χ0n) is 31.8. The first kappa shape index (κ1) is 40.0. The molecule has 2 saturated heterocycles. The van der Waals surface area contributed by atoms with Gasteiger partial charge in [0.15, 0.2) is 0 Å². The SMILES string of the molecule is Cc1c(COc2cc(OCc3cncc(C#N)c3)c(CN3CCCC[C@H]3C(=O)O)cc2Cl)cccc1-c1cccc(OCCCN2CCC(CO)CC2)c1C. The maximum absolute atomic E-state index is 12.1. The van der Waals surface area contributed by atoms with Crippen molar-refractivity contribution in [1.29, 1.82) is 5.26 Å². The molecule has 55 heavy (non-hydrogen) atoms. The molecule has 2 N–H and O–H groups in total. The molecule has 11 heteroatoms. The highest BCUT2D eigenvalue weighted by Crippen LogP contribution is 2.37. The summed E-state index contributed by atoms with van der Waals surface area (Å²) in [5.74, 6) is 1.47. The average Bonchev–Trinajstić information content (AvgIpc) is 3.20. The minimum absolute atomic E-state index is 0.159. The van der Waals surface area contributed by atoms with Crippen LogP contribution in [0.5, 0.6) is 17.2 Å². The van der Waals surface area contributed by atoms with Crippen molar-refractivity contribution in [2.24, 2.45) is 5.92 Å². The number of aliphatic hydroxyl groups excluding tert-OH is 1. The Morgan fingerprint density at radius 2 is 1.65 bits per heavy atom. The molecule has 0 bridgehead atoms. The molecular formula is C44H51ClN4O6. The van der Waals surface area contributed by atoms with E-state index in [2.05, 4.69) is 48.0 Å². The number of ether oxygens (including phenoxy) is 3. The summed E-state index contributed by atoms with van der Waals surface area (Å²) in [6.45, 7) is 9.65.